The first kappa shape index (κ1) is 23.3. The van der Waals surface area contributed by atoms with Crippen LogP contribution in [0.3, 0.4) is 0 Å². The Morgan fingerprint density at radius 1 is 1.03 bits per heavy atom. The Morgan fingerprint density at radius 2 is 1.79 bits per heavy atom. The van der Waals surface area contributed by atoms with Crippen molar-refractivity contribution in [3.63, 3.8) is 0 Å². The highest BCUT2D eigenvalue weighted by Gasteiger charge is 2.15. The number of amides is 2. The number of para-hydroxylation sites is 2. The zero-order valence-electron chi connectivity index (χ0n) is 19.5. The molecule has 0 radical (unpaired) electrons. The van der Waals surface area contributed by atoms with Crippen molar-refractivity contribution in [2.75, 3.05) is 68.0 Å². The molecule has 0 saturated carbocycles. The fraction of sp³-hybridized carbons (Fsp3) is 0.542. The summed E-state index contributed by atoms with van der Waals surface area (Å²) in [5.74, 6) is 2.27. The van der Waals surface area contributed by atoms with Gasteiger partial charge in [-0.25, -0.2) is 14.8 Å². The van der Waals surface area contributed by atoms with Gasteiger partial charge in [0, 0.05) is 25.7 Å². The number of carbonyl (C=O) groups is 1. The molecular formula is C24H35N7O2. The Hall–Kier alpha value is -2.91. The molecular weight excluding hydrogens is 418 g/mol. The van der Waals surface area contributed by atoms with Gasteiger partial charge in [-0.15, -0.1) is 0 Å². The molecule has 1 aromatic heterocycles. The first-order valence-corrected chi connectivity index (χ1v) is 12.0. The van der Waals surface area contributed by atoms with Crippen molar-refractivity contribution in [1.82, 2.24) is 20.2 Å². The van der Waals surface area contributed by atoms with Crippen molar-refractivity contribution in [3.8, 4) is 0 Å². The van der Waals surface area contributed by atoms with E-state index in [4.69, 9.17) is 4.74 Å². The lowest BCUT2D eigenvalue weighted by atomic mass is 10.2. The molecule has 3 heterocycles. The van der Waals surface area contributed by atoms with Gasteiger partial charge in [-0.05, 0) is 64.4 Å². The summed E-state index contributed by atoms with van der Waals surface area (Å²) >= 11 is 0. The van der Waals surface area contributed by atoms with Crippen LogP contribution in [0.25, 0.3) is 0 Å². The van der Waals surface area contributed by atoms with E-state index in [9.17, 15) is 4.79 Å². The summed E-state index contributed by atoms with van der Waals surface area (Å²) in [5.41, 5.74) is 1.49. The predicted molar refractivity (Wildman–Crippen MR) is 131 cm³/mol. The van der Waals surface area contributed by atoms with E-state index in [-0.39, 0.29) is 6.03 Å². The molecule has 3 N–H and O–H groups in total. The number of nitrogens with zero attached hydrogens (tertiary/aromatic N) is 4. The second kappa shape index (κ2) is 11.8. The summed E-state index contributed by atoms with van der Waals surface area (Å²) < 4.78 is 5.45. The molecule has 9 heteroatoms. The number of aryl methyl sites for hydroxylation is 1. The Labute approximate surface area is 195 Å². The molecule has 9 nitrogen and oxygen atoms in total. The third-order valence-electron chi connectivity index (χ3n) is 5.98. The topological polar surface area (TPSA) is 94.6 Å². The highest BCUT2D eigenvalue weighted by atomic mass is 16.5. The highest BCUT2D eigenvalue weighted by molar-refractivity contribution is 5.93. The molecule has 2 aliphatic rings. The molecule has 0 bridgehead atoms. The Kier molecular flexibility index (Phi) is 8.32. The highest BCUT2D eigenvalue weighted by Crippen LogP contribution is 2.26. The van der Waals surface area contributed by atoms with Crippen LogP contribution in [0.15, 0.2) is 30.3 Å². The minimum atomic E-state index is -0.196. The van der Waals surface area contributed by atoms with Gasteiger partial charge in [-0.3, -0.25) is 0 Å². The van der Waals surface area contributed by atoms with Crippen molar-refractivity contribution in [2.24, 2.45) is 0 Å². The van der Waals surface area contributed by atoms with Crippen molar-refractivity contribution >= 4 is 29.0 Å². The molecule has 0 unspecified atom stereocenters. The zero-order valence-corrected chi connectivity index (χ0v) is 19.5. The van der Waals surface area contributed by atoms with Gasteiger partial charge in [-0.1, -0.05) is 12.1 Å². The molecule has 2 amide bonds. The second-order valence-electron chi connectivity index (χ2n) is 8.57. The number of unbranched alkanes of at least 4 members (excludes halogenated alkanes) is 1. The second-order valence-corrected chi connectivity index (χ2v) is 8.57. The monoisotopic (exact) mass is 453 g/mol. The van der Waals surface area contributed by atoms with Crippen LogP contribution < -0.4 is 20.9 Å². The van der Waals surface area contributed by atoms with Crippen LogP contribution in [-0.4, -0.2) is 73.4 Å². The molecule has 2 aliphatic heterocycles. The van der Waals surface area contributed by atoms with Crippen molar-refractivity contribution in [3.05, 3.63) is 36.2 Å². The van der Waals surface area contributed by atoms with Gasteiger partial charge in [0.25, 0.3) is 0 Å². The Balaban J connectivity index is 1.30. The lowest BCUT2D eigenvalue weighted by Crippen LogP contribution is -2.36. The van der Waals surface area contributed by atoms with Gasteiger partial charge in [0.15, 0.2) is 0 Å². The van der Waals surface area contributed by atoms with E-state index in [0.717, 1.165) is 44.0 Å². The number of aromatic nitrogens is 2. The summed E-state index contributed by atoms with van der Waals surface area (Å²) in [5, 5.41) is 9.28. The van der Waals surface area contributed by atoms with E-state index in [1.165, 1.54) is 25.9 Å². The van der Waals surface area contributed by atoms with Gasteiger partial charge in [0.2, 0.25) is 0 Å². The first-order valence-electron chi connectivity index (χ1n) is 12.0. The summed E-state index contributed by atoms with van der Waals surface area (Å²) in [6.07, 6.45) is 4.72. The molecule has 2 fully saturated rings. The number of carbonyl (C=O) groups excluding carboxylic acids is 1. The van der Waals surface area contributed by atoms with E-state index >= 15 is 0 Å². The van der Waals surface area contributed by atoms with Crippen LogP contribution in [0.4, 0.5) is 27.8 Å². The SMILES string of the molecule is Cc1nc(Nc2ccccc2NC(=O)NCCCCN2CCCC2)cc(N2CCOCC2)n1. The molecule has 0 atom stereocenters. The predicted octanol–water partition coefficient (Wildman–Crippen LogP) is 3.36. The number of morpholine rings is 1. The fourth-order valence-corrected chi connectivity index (χ4v) is 4.24. The smallest absolute Gasteiger partial charge is 0.319 e. The number of hydrogen-bond donors (Lipinski definition) is 3. The van der Waals surface area contributed by atoms with Gasteiger partial charge in [0.05, 0.1) is 24.6 Å². The van der Waals surface area contributed by atoms with Gasteiger partial charge >= 0.3 is 6.03 Å². The third kappa shape index (κ3) is 7.03. The number of nitrogens with one attached hydrogen (secondary N) is 3. The van der Waals surface area contributed by atoms with E-state index < -0.39 is 0 Å². The van der Waals surface area contributed by atoms with Crippen LogP contribution in [-0.2, 0) is 4.74 Å². The molecule has 1 aromatic carbocycles. The molecule has 33 heavy (non-hydrogen) atoms. The number of benzene rings is 1. The van der Waals surface area contributed by atoms with Crippen LogP contribution in [0.2, 0.25) is 0 Å². The zero-order chi connectivity index (χ0) is 22.9. The summed E-state index contributed by atoms with van der Waals surface area (Å²) in [7, 11) is 0. The van der Waals surface area contributed by atoms with Crippen molar-refractivity contribution < 1.29 is 9.53 Å². The average Bonchev–Trinajstić information content (AvgIpc) is 3.34. The van der Waals surface area contributed by atoms with Crippen LogP contribution >= 0.6 is 0 Å². The number of hydrogen-bond acceptors (Lipinski definition) is 7. The number of urea groups is 1. The minimum Gasteiger partial charge on any atom is -0.378 e. The lowest BCUT2D eigenvalue weighted by Gasteiger charge is -2.28. The van der Waals surface area contributed by atoms with Gasteiger partial charge < -0.3 is 30.5 Å². The van der Waals surface area contributed by atoms with Crippen LogP contribution in [0.1, 0.15) is 31.5 Å². The van der Waals surface area contributed by atoms with Crippen LogP contribution in [0, 0.1) is 6.92 Å². The molecule has 2 saturated heterocycles. The maximum atomic E-state index is 12.4. The molecule has 4 rings (SSSR count). The standard InChI is InChI=1S/C24H35N7O2/c1-19-26-22(18-23(27-19)31-14-16-33-17-15-31)28-20-8-2-3-9-21(20)29-24(32)25-10-4-5-11-30-12-6-7-13-30/h2-3,8-9,18H,4-7,10-17H2,1H3,(H2,25,29,32)(H,26,27,28). The van der Waals surface area contributed by atoms with Gasteiger partial charge in [0.1, 0.15) is 17.5 Å². The molecule has 178 valence electrons. The molecule has 0 aliphatic carbocycles. The minimum absolute atomic E-state index is 0.196. The fourth-order valence-electron chi connectivity index (χ4n) is 4.24. The van der Waals surface area contributed by atoms with E-state index in [0.29, 0.717) is 37.1 Å². The Morgan fingerprint density at radius 3 is 2.58 bits per heavy atom. The maximum Gasteiger partial charge on any atom is 0.319 e. The largest absolute Gasteiger partial charge is 0.378 e. The maximum absolute atomic E-state index is 12.4. The number of rotatable bonds is 9. The van der Waals surface area contributed by atoms with Crippen LogP contribution in [0.5, 0.6) is 0 Å². The van der Waals surface area contributed by atoms with E-state index in [2.05, 4.69) is 35.7 Å². The lowest BCUT2D eigenvalue weighted by molar-refractivity contribution is 0.122. The number of anilines is 4. The molecule has 0 spiro atoms. The first-order chi connectivity index (χ1) is 16.2. The quantitative estimate of drug-likeness (QED) is 0.501. The van der Waals surface area contributed by atoms with E-state index in [1.807, 2.05) is 37.3 Å². The normalized spacial score (nSPS) is 16.6. The number of ether oxygens (including phenoxy) is 1. The van der Waals surface area contributed by atoms with Gasteiger partial charge in [-0.2, -0.15) is 0 Å². The summed E-state index contributed by atoms with van der Waals surface area (Å²) in [4.78, 5) is 26.3. The summed E-state index contributed by atoms with van der Waals surface area (Å²) in [6, 6.07) is 9.39. The Bertz CT molecular complexity index is 911. The third-order valence-corrected chi connectivity index (χ3v) is 5.98. The number of likely N-dealkylation sites (tertiary alicyclic amines) is 1. The van der Waals surface area contributed by atoms with Crippen molar-refractivity contribution in [1.29, 1.82) is 0 Å². The van der Waals surface area contributed by atoms with Crippen molar-refractivity contribution in [2.45, 2.75) is 32.6 Å². The average molecular weight is 454 g/mol. The van der Waals surface area contributed by atoms with E-state index in [1.54, 1.807) is 0 Å². The summed E-state index contributed by atoms with van der Waals surface area (Å²) in [6.45, 7) is 9.14. The molecule has 2 aromatic rings.